The molecule has 0 amide bonds. The molecule has 0 radical (unpaired) electrons. The molecule has 0 aromatic carbocycles. The molecule has 0 spiro atoms. The predicted molar refractivity (Wildman–Crippen MR) is 121 cm³/mol. The molecule has 202 valence electrons. The quantitative estimate of drug-likeness (QED) is 0.250. The second-order valence-electron chi connectivity index (χ2n) is 6.49. The van der Waals surface area contributed by atoms with Crippen LogP contribution in [0, 0.1) is 0 Å². The molecule has 12 nitrogen and oxygen atoms in total. The molecule has 12 heteroatoms. The van der Waals surface area contributed by atoms with Crippen molar-refractivity contribution in [3.8, 4) is 0 Å². The lowest BCUT2D eigenvalue weighted by Crippen LogP contribution is -2.45. The zero-order valence-electron chi connectivity index (χ0n) is 21.4. The Kier molecular flexibility index (Phi) is 29.1. The lowest BCUT2D eigenvalue weighted by molar-refractivity contribution is -0.248. The second kappa shape index (κ2) is 27.1. The first kappa shape index (κ1) is 36.4. The highest BCUT2D eigenvalue weighted by Crippen LogP contribution is 2.20. The highest BCUT2D eigenvalue weighted by atomic mass is 16.7. The summed E-state index contributed by atoms with van der Waals surface area (Å²) in [6.45, 7) is 10.4. The molecule has 0 saturated carbocycles. The van der Waals surface area contributed by atoms with Gasteiger partial charge in [-0.25, -0.2) is 0 Å². The number of carboxylic acids is 1. The minimum atomic E-state index is -0.833. The highest BCUT2D eigenvalue weighted by Gasteiger charge is 2.33. The molecule has 1 heterocycles. The monoisotopic (exact) mass is 498 g/mol. The molecule has 0 aromatic heterocycles. The zero-order chi connectivity index (χ0) is 26.8. The van der Waals surface area contributed by atoms with E-state index in [0.29, 0.717) is 39.5 Å². The van der Waals surface area contributed by atoms with Crippen LogP contribution < -0.4 is 0 Å². The second-order valence-corrected chi connectivity index (χ2v) is 6.49. The molecule has 1 aliphatic heterocycles. The Bertz CT molecular complexity index is 508. The van der Waals surface area contributed by atoms with Gasteiger partial charge in [0.25, 0.3) is 5.97 Å². The standard InChI is InChI=1S/C15H28O7.C3H6O2.C2H4O2.C2H4O/c1-4-5-18-6-7-19-8-9-20-15-14(17-3)10-13(11-21-15)22-12(2)16;1-3(4)5-2;1-2(3)4;1-2-3/h13-15H,4-11H2,1-3H3;1-2H3;1H3,(H,3,4);2H,1H3/t13-,14?,15-;;;/m1.../s1. The van der Waals surface area contributed by atoms with E-state index in [1.54, 1.807) is 7.11 Å². The van der Waals surface area contributed by atoms with E-state index in [2.05, 4.69) is 11.7 Å². The Balaban J connectivity index is -0.000000662. The van der Waals surface area contributed by atoms with Crippen LogP contribution in [0.5, 0.6) is 0 Å². The van der Waals surface area contributed by atoms with Gasteiger partial charge >= 0.3 is 11.9 Å². The van der Waals surface area contributed by atoms with Crippen LogP contribution in [0.2, 0.25) is 0 Å². The summed E-state index contributed by atoms with van der Waals surface area (Å²) in [6.07, 6.45) is 1.32. The fourth-order valence-electron chi connectivity index (χ4n) is 2.12. The van der Waals surface area contributed by atoms with E-state index in [1.807, 2.05) is 0 Å². The summed E-state index contributed by atoms with van der Waals surface area (Å²) >= 11 is 0. The summed E-state index contributed by atoms with van der Waals surface area (Å²) in [5.74, 6) is -1.40. The van der Waals surface area contributed by atoms with Crippen molar-refractivity contribution in [1.29, 1.82) is 0 Å². The van der Waals surface area contributed by atoms with Crippen molar-refractivity contribution in [3.05, 3.63) is 0 Å². The largest absolute Gasteiger partial charge is 0.481 e. The minimum absolute atomic E-state index is 0.245. The van der Waals surface area contributed by atoms with Crippen LogP contribution in [0.4, 0.5) is 0 Å². The first-order valence-corrected chi connectivity index (χ1v) is 10.8. The lowest BCUT2D eigenvalue weighted by Gasteiger charge is -2.34. The van der Waals surface area contributed by atoms with E-state index in [4.69, 9.17) is 43.1 Å². The number of hydrogen-bond acceptors (Lipinski definition) is 11. The van der Waals surface area contributed by atoms with Crippen molar-refractivity contribution < 1.29 is 57.4 Å². The van der Waals surface area contributed by atoms with Gasteiger partial charge in [-0.3, -0.25) is 14.4 Å². The Morgan fingerprint density at radius 1 is 0.971 bits per heavy atom. The van der Waals surface area contributed by atoms with Gasteiger partial charge in [-0.05, 0) is 13.3 Å². The average molecular weight is 499 g/mol. The van der Waals surface area contributed by atoms with Gasteiger partial charge < -0.3 is 43.1 Å². The van der Waals surface area contributed by atoms with E-state index >= 15 is 0 Å². The number of carboxylic acid groups (broad SMARTS) is 1. The summed E-state index contributed by atoms with van der Waals surface area (Å²) in [5.41, 5.74) is 0. The lowest BCUT2D eigenvalue weighted by atomic mass is 10.1. The van der Waals surface area contributed by atoms with Crippen LogP contribution in [0.25, 0.3) is 0 Å². The maximum atomic E-state index is 11.0. The molecule has 0 aromatic rings. The molecule has 1 saturated heterocycles. The summed E-state index contributed by atoms with van der Waals surface area (Å²) in [4.78, 5) is 38.3. The number of rotatable bonds is 11. The van der Waals surface area contributed by atoms with Gasteiger partial charge in [-0.2, -0.15) is 0 Å². The van der Waals surface area contributed by atoms with Crippen LogP contribution in [0.15, 0.2) is 0 Å². The molecule has 3 atom stereocenters. The highest BCUT2D eigenvalue weighted by molar-refractivity contribution is 5.66. The van der Waals surface area contributed by atoms with Crippen LogP contribution >= 0.6 is 0 Å². The van der Waals surface area contributed by atoms with Gasteiger partial charge in [0.05, 0.1) is 40.1 Å². The Hall–Kier alpha value is -2.12. The van der Waals surface area contributed by atoms with Gasteiger partial charge in [0.1, 0.15) is 18.5 Å². The van der Waals surface area contributed by atoms with E-state index < -0.39 is 12.3 Å². The van der Waals surface area contributed by atoms with Crippen LogP contribution in [0.1, 0.15) is 47.5 Å². The van der Waals surface area contributed by atoms with Crippen molar-refractivity contribution in [2.45, 2.75) is 66.0 Å². The average Bonchev–Trinajstić information content (AvgIpc) is 2.76. The molecule has 0 aliphatic carbocycles. The van der Waals surface area contributed by atoms with Crippen molar-refractivity contribution in [2.75, 3.05) is 53.9 Å². The number of aldehydes is 1. The minimum Gasteiger partial charge on any atom is -0.481 e. The van der Waals surface area contributed by atoms with Gasteiger partial charge in [0.2, 0.25) is 0 Å². The van der Waals surface area contributed by atoms with Crippen LogP contribution in [0.3, 0.4) is 0 Å². The van der Waals surface area contributed by atoms with Gasteiger partial charge in [-0.1, -0.05) is 6.92 Å². The number of methoxy groups -OCH3 is 2. The number of esters is 2. The topological polar surface area (TPSA) is 153 Å². The summed E-state index contributed by atoms with van der Waals surface area (Å²) in [6, 6.07) is 0. The summed E-state index contributed by atoms with van der Waals surface area (Å²) in [5, 5.41) is 7.42. The molecule has 1 unspecified atom stereocenters. The smallest absolute Gasteiger partial charge is 0.302 e. The third-order valence-electron chi connectivity index (χ3n) is 3.40. The van der Waals surface area contributed by atoms with Crippen molar-refractivity contribution in [2.24, 2.45) is 0 Å². The number of carbonyl (C=O) groups is 4. The van der Waals surface area contributed by atoms with E-state index in [9.17, 15) is 9.59 Å². The van der Waals surface area contributed by atoms with Gasteiger partial charge in [0.15, 0.2) is 6.29 Å². The molecule has 0 bridgehead atoms. The Morgan fingerprint density at radius 3 is 1.85 bits per heavy atom. The molecule has 1 fully saturated rings. The van der Waals surface area contributed by atoms with Crippen molar-refractivity contribution in [1.82, 2.24) is 0 Å². The SMILES string of the molecule is CC(=O)O.CC=O.CCCOCCOCCO[C@@H]1OC[C@H](OC(C)=O)CC1OC.COC(C)=O. The third-order valence-corrected chi connectivity index (χ3v) is 3.40. The van der Waals surface area contributed by atoms with E-state index in [-0.39, 0.29) is 24.1 Å². The molecule has 1 rings (SSSR count). The number of hydrogen-bond donors (Lipinski definition) is 1. The van der Waals surface area contributed by atoms with Crippen molar-refractivity contribution in [3.63, 3.8) is 0 Å². The maximum Gasteiger partial charge on any atom is 0.302 e. The van der Waals surface area contributed by atoms with E-state index in [0.717, 1.165) is 26.2 Å². The van der Waals surface area contributed by atoms with E-state index in [1.165, 1.54) is 27.9 Å². The van der Waals surface area contributed by atoms with Crippen molar-refractivity contribution >= 4 is 24.2 Å². The van der Waals surface area contributed by atoms with Gasteiger partial charge in [-0.15, -0.1) is 0 Å². The molecular formula is C22H42O12. The first-order valence-electron chi connectivity index (χ1n) is 10.8. The summed E-state index contributed by atoms with van der Waals surface area (Å²) < 4.78 is 36.4. The predicted octanol–water partition coefficient (Wildman–Crippen LogP) is 1.61. The number of carbonyl (C=O) groups excluding carboxylic acids is 3. The fraction of sp³-hybridized carbons (Fsp3) is 0.818. The molecular weight excluding hydrogens is 456 g/mol. The Morgan fingerprint density at radius 2 is 1.44 bits per heavy atom. The fourth-order valence-corrected chi connectivity index (χ4v) is 2.12. The molecule has 1 aliphatic rings. The number of aliphatic carboxylic acids is 1. The van der Waals surface area contributed by atoms with Crippen LogP contribution in [-0.4, -0.2) is 102 Å². The van der Waals surface area contributed by atoms with Crippen LogP contribution in [-0.2, 0) is 52.3 Å². The summed E-state index contributed by atoms with van der Waals surface area (Å²) in [7, 11) is 2.93. The Labute approximate surface area is 202 Å². The van der Waals surface area contributed by atoms with Gasteiger partial charge in [0, 0.05) is 40.9 Å². The zero-order valence-corrected chi connectivity index (χ0v) is 21.4. The molecule has 34 heavy (non-hydrogen) atoms. The molecule has 1 N–H and O–H groups in total. The third kappa shape index (κ3) is 29.9. The number of ether oxygens (including phenoxy) is 7. The maximum absolute atomic E-state index is 11.0. The normalized spacial score (nSPS) is 18.4. The first-order chi connectivity index (χ1) is 16.1.